The highest BCUT2D eigenvalue weighted by atomic mass is 16.4. The van der Waals surface area contributed by atoms with Crippen LogP contribution < -0.4 is 16.5 Å². The van der Waals surface area contributed by atoms with Gasteiger partial charge in [0.05, 0.1) is 11.0 Å². The lowest BCUT2D eigenvalue weighted by Gasteiger charge is -2.15. The van der Waals surface area contributed by atoms with Crippen LogP contribution in [-0.2, 0) is 11.3 Å². The molecule has 8 heteroatoms. The lowest BCUT2D eigenvalue weighted by molar-refractivity contribution is -0.137. The molecule has 0 saturated carbocycles. The minimum absolute atomic E-state index is 0.140. The monoisotopic (exact) mass is 371 g/mol. The van der Waals surface area contributed by atoms with Gasteiger partial charge < -0.3 is 20.7 Å². The number of carbonyl (C=O) groups excluding carboxylic acids is 1. The van der Waals surface area contributed by atoms with Crippen LogP contribution >= 0.6 is 0 Å². The molecule has 4 N–H and O–H groups in total. The summed E-state index contributed by atoms with van der Waals surface area (Å²) in [4.78, 5) is 31.8. The van der Waals surface area contributed by atoms with Crippen LogP contribution in [0.25, 0.3) is 11.0 Å². The zero-order valence-corrected chi connectivity index (χ0v) is 15.7. The van der Waals surface area contributed by atoms with E-state index in [2.05, 4.69) is 21.9 Å². The van der Waals surface area contributed by atoms with Gasteiger partial charge in [-0.1, -0.05) is 13.0 Å². The average molecular weight is 371 g/mol. The molecule has 1 aromatic heterocycles. The summed E-state index contributed by atoms with van der Waals surface area (Å²) in [6, 6.07) is 3.67. The van der Waals surface area contributed by atoms with E-state index in [0.717, 1.165) is 23.9 Å². The Morgan fingerprint density at radius 3 is 2.74 bits per heavy atom. The van der Waals surface area contributed by atoms with Crippen molar-refractivity contribution in [3.8, 4) is 0 Å². The Morgan fingerprint density at radius 2 is 2.11 bits per heavy atom. The second kappa shape index (κ2) is 8.98. The molecule has 0 aliphatic rings. The maximum Gasteiger partial charge on any atom is 0.303 e. The number of aliphatic carboxylic acids is 1. The summed E-state index contributed by atoms with van der Waals surface area (Å²) in [6.07, 6.45) is 3.58. The molecule has 0 saturated heterocycles. The average Bonchev–Trinajstić information content (AvgIpc) is 2.63. The predicted octanol–water partition coefficient (Wildman–Crippen LogP) is 1.98. The third-order valence-corrected chi connectivity index (χ3v) is 4.28. The highest BCUT2D eigenvalue weighted by Gasteiger charge is 2.16. The number of carboxylic acids is 1. The maximum atomic E-state index is 12.3. The number of carboxylic acid groups (broad SMARTS) is 1. The fourth-order valence-corrected chi connectivity index (χ4v) is 2.85. The summed E-state index contributed by atoms with van der Waals surface area (Å²) in [6.45, 7) is 6.07. The first-order valence-corrected chi connectivity index (χ1v) is 8.78. The smallest absolute Gasteiger partial charge is 0.303 e. The largest absolute Gasteiger partial charge is 0.481 e. The molecule has 2 aromatic rings. The summed E-state index contributed by atoms with van der Waals surface area (Å²) in [5.74, 6) is -1.14. The molecule has 0 atom stereocenters. The minimum Gasteiger partial charge on any atom is -0.481 e. The summed E-state index contributed by atoms with van der Waals surface area (Å²) in [5.41, 5.74) is 9.60. The molecule has 1 amide bonds. The standard InChI is InChI=1S/C19H25N5O3/c1-4-22-18-17(19(27)21-3)23-14-10-12(2)13(20)11-15(14)24(18)9-7-5-6-8-16(25)26/h4,10-11H,1,5-9,20H2,2-3H3,(H,21,27)(H,25,26). The summed E-state index contributed by atoms with van der Waals surface area (Å²) in [5, 5.41) is 11.4. The first-order valence-electron chi connectivity index (χ1n) is 8.78. The summed E-state index contributed by atoms with van der Waals surface area (Å²) in [7, 11) is 1.54. The van der Waals surface area contributed by atoms with E-state index in [1.807, 2.05) is 23.6 Å². The van der Waals surface area contributed by atoms with Crippen LogP contribution in [0.3, 0.4) is 0 Å². The topological polar surface area (TPSA) is 123 Å². The maximum absolute atomic E-state index is 12.3. The van der Waals surface area contributed by atoms with Crippen molar-refractivity contribution in [3.05, 3.63) is 41.7 Å². The number of fused-ring (bicyclic) bond motifs is 1. The molecule has 2 rings (SSSR count). The molecular weight excluding hydrogens is 346 g/mol. The minimum atomic E-state index is -0.801. The zero-order chi connectivity index (χ0) is 20.0. The number of aryl methyl sites for hydroxylation is 2. The van der Waals surface area contributed by atoms with Gasteiger partial charge in [-0.3, -0.25) is 9.59 Å². The number of carbonyl (C=O) groups is 2. The van der Waals surface area contributed by atoms with Crippen molar-refractivity contribution in [2.45, 2.75) is 39.2 Å². The number of amides is 1. The van der Waals surface area contributed by atoms with E-state index in [0.29, 0.717) is 29.7 Å². The predicted molar refractivity (Wildman–Crippen MR) is 104 cm³/mol. The summed E-state index contributed by atoms with van der Waals surface area (Å²) < 4.78 is 1.89. The van der Waals surface area contributed by atoms with Crippen molar-refractivity contribution < 1.29 is 14.7 Å². The van der Waals surface area contributed by atoms with Crippen molar-refractivity contribution in [1.29, 1.82) is 0 Å². The van der Waals surface area contributed by atoms with Gasteiger partial charge in [-0.2, -0.15) is 0 Å². The number of rotatable bonds is 8. The molecular formula is C19H25N5O3. The molecule has 0 unspecified atom stereocenters. The van der Waals surface area contributed by atoms with E-state index in [1.165, 1.54) is 13.2 Å². The van der Waals surface area contributed by atoms with Crippen LogP contribution in [0.15, 0.2) is 29.9 Å². The number of nitrogens with one attached hydrogen (secondary N) is 1. The van der Waals surface area contributed by atoms with Crippen LogP contribution in [0.4, 0.5) is 5.69 Å². The van der Waals surface area contributed by atoms with Gasteiger partial charge >= 0.3 is 5.97 Å². The lowest BCUT2D eigenvalue weighted by Crippen LogP contribution is -2.34. The Bertz CT molecular complexity index is 946. The molecule has 144 valence electrons. The fourth-order valence-electron chi connectivity index (χ4n) is 2.85. The Labute approximate surface area is 157 Å². The van der Waals surface area contributed by atoms with E-state index < -0.39 is 5.97 Å². The van der Waals surface area contributed by atoms with E-state index >= 15 is 0 Å². The fraction of sp³-hybridized carbons (Fsp3) is 0.368. The SMILES string of the molecule is C=CN=c1c(C(=O)NC)nc2cc(C)c(N)cc2n1CCCCCC(=O)O. The van der Waals surface area contributed by atoms with Gasteiger partial charge in [-0.25, -0.2) is 9.98 Å². The molecule has 1 heterocycles. The van der Waals surface area contributed by atoms with Crippen LogP contribution in [0.2, 0.25) is 0 Å². The number of benzene rings is 1. The van der Waals surface area contributed by atoms with Crippen LogP contribution in [0.5, 0.6) is 0 Å². The van der Waals surface area contributed by atoms with Gasteiger partial charge in [-0.05, 0) is 37.5 Å². The second-order valence-corrected chi connectivity index (χ2v) is 6.23. The third-order valence-electron chi connectivity index (χ3n) is 4.28. The number of anilines is 1. The number of nitrogens with two attached hydrogens (primary N) is 1. The summed E-state index contributed by atoms with van der Waals surface area (Å²) >= 11 is 0. The molecule has 0 spiro atoms. The van der Waals surface area contributed by atoms with Crippen LogP contribution in [0.1, 0.15) is 41.7 Å². The van der Waals surface area contributed by atoms with Gasteiger partial charge in [0.2, 0.25) is 0 Å². The number of nitrogens with zero attached hydrogens (tertiary/aromatic N) is 3. The molecule has 8 nitrogen and oxygen atoms in total. The quantitative estimate of drug-likeness (QED) is 0.484. The molecule has 0 bridgehead atoms. The number of hydrogen-bond donors (Lipinski definition) is 3. The van der Waals surface area contributed by atoms with Crippen molar-refractivity contribution in [2.75, 3.05) is 12.8 Å². The number of unbranched alkanes of at least 4 members (excludes halogenated alkanes) is 2. The van der Waals surface area contributed by atoms with Gasteiger partial charge in [0.25, 0.3) is 5.91 Å². The van der Waals surface area contributed by atoms with E-state index in [4.69, 9.17) is 10.8 Å². The first kappa shape index (κ1) is 20.2. The van der Waals surface area contributed by atoms with Crippen molar-refractivity contribution in [2.24, 2.45) is 4.99 Å². The van der Waals surface area contributed by atoms with Gasteiger partial charge in [-0.15, -0.1) is 0 Å². The van der Waals surface area contributed by atoms with Gasteiger partial charge in [0.15, 0.2) is 11.2 Å². The molecule has 0 radical (unpaired) electrons. The normalized spacial score (nSPS) is 11.6. The number of hydrogen-bond acceptors (Lipinski definition) is 5. The van der Waals surface area contributed by atoms with Crippen molar-refractivity contribution in [1.82, 2.24) is 14.9 Å². The van der Waals surface area contributed by atoms with E-state index in [-0.39, 0.29) is 18.0 Å². The number of nitrogen functional groups attached to an aromatic ring is 1. The van der Waals surface area contributed by atoms with Crippen molar-refractivity contribution >= 4 is 28.6 Å². The first-order chi connectivity index (χ1) is 12.9. The van der Waals surface area contributed by atoms with E-state index in [9.17, 15) is 9.59 Å². The highest BCUT2D eigenvalue weighted by Crippen LogP contribution is 2.20. The highest BCUT2D eigenvalue weighted by molar-refractivity contribution is 5.94. The molecule has 1 aromatic carbocycles. The van der Waals surface area contributed by atoms with Crippen LogP contribution in [-0.4, -0.2) is 33.6 Å². The second-order valence-electron chi connectivity index (χ2n) is 6.23. The molecule has 0 aliphatic carbocycles. The Morgan fingerprint density at radius 1 is 1.37 bits per heavy atom. The van der Waals surface area contributed by atoms with Crippen molar-refractivity contribution in [3.63, 3.8) is 0 Å². The third kappa shape index (κ3) is 4.72. The lowest BCUT2D eigenvalue weighted by atomic mass is 10.1. The molecule has 0 aliphatic heterocycles. The van der Waals surface area contributed by atoms with E-state index in [1.54, 1.807) is 0 Å². The van der Waals surface area contributed by atoms with Crippen LogP contribution in [0, 0.1) is 6.92 Å². The molecule has 27 heavy (non-hydrogen) atoms. The number of aromatic nitrogens is 2. The Balaban J connectivity index is 2.57. The van der Waals surface area contributed by atoms with Gasteiger partial charge in [0, 0.05) is 31.9 Å². The Hall–Kier alpha value is -3.16. The zero-order valence-electron chi connectivity index (χ0n) is 15.7. The Kier molecular flexibility index (Phi) is 6.70. The van der Waals surface area contributed by atoms with Gasteiger partial charge in [0.1, 0.15) is 0 Å². The molecule has 0 fully saturated rings.